The average molecular weight is 729 g/mol. The normalized spacial score (nSPS) is 13.7. The maximum atomic E-state index is 12.5. The third-order valence-corrected chi connectivity index (χ3v) is 10.5. The zero-order valence-corrected chi connectivity index (χ0v) is 32.1. The minimum absolute atomic E-state index is 0.122. The van der Waals surface area contributed by atoms with Crippen LogP contribution in [-0.4, -0.2) is 45.9 Å². The van der Waals surface area contributed by atoms with Gasteiger partial charge in [0.25, 0.3) is 0 Å². The number of carbonyl (C=O) groups is 2. The fourth-order valence-electron chi connectivity index (χ4n) is 5.53. The molecule has 0 bridgehead atoms. The standard InChI is InChI=1S/C35H70O11P2/c1-3-5-7-9-11-13-15-17-19-21-23-25-27-29-34(36)43-31-33(32-44-48(41,42)46-47(38,39)40)45-35(37)30-28-26-24-22-20-18-16-14-12-10-8-6-4-2/h33H,3-32H2,1-2H3,(H,41,42)(H2,38,39,40). The van der Waals surface area contributed by atoms with Crippen LogP contribution in [0.1, 0.15) is 194 Å². The number of ether oxygens (including phenoxy) is 2. The fourth-order valence-corrected chi connectivity index (χ4v) is 7.15. The molecular formula is C35H70O11P2. The van der Waals surface area contributed by atoms with Gasteiger partial charge in [0.05, 0.1) is 6.61 Å². The number of esters is 2. The molecule has 286 valence electrons. The van der Waals surface area contributed by atoms with Crippen LogP contribution in [0.5, 0.6) is 0 Å². The van der Waals surface area contributed by atoms with Crippen molar-refractivity contribution in [2.24, 2.45) is 0 Å². The molecule has 0 aliphatic carbocycles. The summed E-state index contributed by atoms with van der Waals surface area (Å²) < 4.78 is 41.8. The highest BCUT2D eigenvalue weighted by Gasteiger charge is 2.34. The highest BCUT2D eigenvalue weighted by molar-refractivity contribution is 7.60. The first-order valence-electron chi connectivity index (χ1n) is 19.1. The van der Waals surface area contributed by atoms with Crippen molar-refractivity contribution in [3.05, 3.63) is 0 Å². The van der Waals surface area contributed by atoms with Crippen LogP contribution in [0.4, 0.5) is 0 Å². The van der Waals surface area contributed by atoms with E-state index < -0.39 is 46.9 Å². The SMILES string of the molecule is CCCCCCCCCCCCCCCC(=O)OCC(COP(=O)(O)OP(=O)(O)O)OC(=O)CCCCCCCCCCCCCCC. The lowest BCUT2D eigenvalue weighted by atomic mass is 10.0. The summed E-state index contributed by atoms with van der Waals surface area (Å²) in [5, 5.41) is 0. The largest absolute Gasteiger partial charge is 0.481 e. The second kappa shape index (κ2) is 32.1. The van der Waals surface area contributed by atoms with Crippen molar-refractivity contribution in [2.75, 3.05) is 13.2 Å². The molecule has 0 rings (SSSR count). The van der Waals surface area contributed by atoms with E-state index in [1.165, 1.54) is 116 Å². The summed E-state index contributed by atoms with van der Waals surface area (Å²) in [5.74, 6) is -1.07. The Balaban J connectivity index is 4.28. The van der Waals surface area contributed by atoms with Crippen LogP contribution in [0.3, 0.4) is 0 Å². The molecule has 0 aromatic carbocycles. The molecule has 0 heterocycles. The highest BCUT2D eigenvalue weighted by Crippen LogP contribution is 2.57. The van der Waals surface area contributed by atoms with Gasteiger partial charge in [-0.3, -0.25) is 14.1 Å². The second-order valence-electron chi connectivity index (χ2n) is 13.1. The topological polar surface area (TPSA) is 166 Å². The van der Waals surface area contributed by atoms with E-state index in [1.54, 1.807) is 0 Å². The number of unbranched alkanes of at least 4 members (excludes halogenated alkanes) is 24. The van der Waals surface area contributed by atoms with Gasteiger partial charge in [-0.1, -0.05) is 168 Å². The molecule has 0 amide bonds. The van der Waals surface area contributed by atoms with Gasteiger partial charge in [0, 0.05) is 12.8 Å². The zero-order chi connectivity index (χ0) is 35.8. The van der Waals surface area contributed by atoms with E-state index in [0.29, 0.717) is 12.8 Å². The van der Waals surface area contributed by atoms with Gasteiger partial charge in [-0.25, -0.2) is 9.13 Å². The Morgan fingerprint density at radius 3 is 1.19 bits per heavy atom. The predicted octanol–water partition coefficient (Wildman–Crippen LogP) is 10.6. The maximum Gasteiger partial charge on any atom is 0.481 e. The van der Waals surface area contributed by atoms with E-state index in [9.17, 15) is 23.6 Å². The minimum atomic E-state index is -5.31. The number of rotatable bonds is 36. The molecule has 0 aromatic heterocycles. The Kier molecular flexibility index (Phi) is 31.6. The first-order chi connectivity index (χ1) is 23.0. The van der Waals surface area contributed by atoms with Crippen molar-refractivity contribution in [1.29, 1.82) is 0 Å². The Labute approximate surface area is 291 Å². The van der Waals surface area contributed by atoms with Crippen LogP contribution in [-0.2, 0) is 37.0 Å². The van der Waals surface area contributed by atoms with Crippen LogP contribution in [0.2, 0.25) is 0 Å². The van der Waals surface area contributed by atoms with E-state index >= 15 is 0 Å². The van der Waals surface area contributed by atoms with E-state index in [1.807, 2.05) is 0 Å². The van der Waals surface area contributed by atoms with E-state index in [0.717, 1.165) is 38.5 Å². The van der Waals surface area contributed by atoms with Crippen LogP contribution < -0.4 is 0 Å². The van der Waals surface area contributed by atoms with Crippen LogP contribution in [0.15, 0.2) is 0 Å². The maximum absolute atomic E-state index is 12.5. The number of carbonyl (C=O) groups excluding carboxylic acids is 2. The van der Waals surface area contributed by atoms with Crippen molar-refractivity contribution < 1.29 is 51.7 Å². The summed E-state index contributed by atoms with van der Waals surface area (Å²) in [4.78, 5) is 52.0. The quantitative estimate of drug-likeness (QED) is 0.0319. The summed E-state index contributed by atoms with van der Waals surface area (Å²) in [7, 11) is -10.5. The molecule has 0 fully saturated rings. The molecule has 13 heteroatoms. The molecule has 2 unspecified atom stereocenters. The summed E-state index contributed by atoms with van der Waals surface area (Å²) in [6.07, 6.45) is 29.7. The van der Waals surface area contributed by atoms with Gasteiger partial charge in [-0.05, 0) is 12.8 Å². The monoisotopic (exact) mass is 728 g/mol. The van der Waals surface area contributed by atoms with Gasteiger partial charge < -0.3 is 24.2 Å². The molecule has 2 atom stereocenters. The number of hydrogen-bond donors (Lipinski definition) is 3. The lowest BCUT2D eigenvalue weighted by molar-refractivity contribution is -0.161. The molecule has 0 spiro atoms. The van der Waals surface area contributed by atoms with Crippen molar-refractivity contribution in [3.63, 3.8) is 0 Å². The number of phosphoric ester groups is 1. The van der Waals surface area contributed by atoms with E-state index in [-0.39, 0.29) is 12.8 Å². The Morgan fingerprint density at radius 1 is 0.500 bits per heavy atom. The number of phosphoric acid groups is 2. The first-order valence-corrected chi connectivity index (χ1v) is 22.1. The summed E-state index contributed by atoms with van der Waals surface area (Å²) in [6, 6.07) is 0. The molecule has 3 N–H and O–H groups in total. The molecule has 48 heavy (non-hydrogen) atoms. The van der Waals surface area contributed by atoms with Gasteiger partial charge in [0.1, 0.15) is 6.61 Å². The molecule has 0 aromatic rings. The molecule has 0 radical (unpaired) electrons. The third kappa shape index (κ3) is 35.0. The number of hydrogen-bond acceptors (Lipinski definition) is 8. The fraction of sp³-hybridized carbons (Fsp3) is 0.943. The van der Waals surface area contributed by atoms with Gasteiger partial charge >= 0.3 is 27.6 Å². The molecule has 0 aliphatic heterocycles. The van der Waals surface area contributed by atoms with Crippen molar-refractivity contribution in [1.82, 2.24) is 0 Å². The third-order valence-electron chi connectivity index (χ3n) is 8.33. The minimum Gasteiger partial charge on any atom is -0.462 e. The van der Waals surface area contributed by atoms with Gasteiger partial charge in [0.2, 0.25) is 0 Å². The molecular weight excluding hydrogens is 658 g/mol. The summed E-state index contributed by atoms with van der Waals surface area (Å²) >= 11 is 0. The van der Waals surface area contributed by atoms with Crippen LogP contribution in [0, 0.1) is 0 Å². The first kappa shape index (κ1) is 47.2. The van der Waals surface area contributed by atoms with Gasteiger partial charge in [-0.15, -0.1) is 0 Å². The summed E-state index contributed by atoms with van der Waals surface area (Å²) in [6.45, 7) is 3.29. The highest BCUT2D eigenvalue weighted by atomic mass is 31.3. The van der Waals surface area contributed by atoms with E-state index in [4.69, 9.17) is 19.3 Å². The Hall–Kier alpha value is -0.800. The predicted molar refractivity (Wildman–Crippen MR) is 190 cm³/mol. The second-order valence-corrected chi connectivity index (χ2v) is 15.9. The van der Waals surface area contributed by atoms with Crippen molar-refractivity contribution in [2.45, 2.75) is 200 Å². The Morgan fingerprint density at radius 2 is 0.833 bits per heavy atom. The van der Waals surface area contributed by atoms with Gasteiger partial charge in [-0.2, -0.15) is 4.31 Å². The molecule has 0 saturated heterocycles. The lowest BCUT2D eigenvalue weighted by Crippen LogP contribution is -2.29. The molecule has 0 aliphatic rings. The lowest BCUT2D eigenvalue weighted by Gasteiger charge is -2.20. The zero-order valence-electron chi connectivity index (χ0n) is 30.3. The van der Waals surface area contributed by atoms with Crippen molar-refractivity contribution in [3.8, 4) is 0 Å². The summed E-state index contributed by atoms with van der Waals surface area (Å²) in [5.41, 5.74) is 0. The van der Waals surface area contributed by atoms with E-state index in [2.05, 4.69) is 22.7 Å². The molecule has 11 nitrogen and oxygen atoms in total. The van der Waals surface area contributed by atoms with Crippen LogP contribution >= 0.6 is 15.6 Å². The molecule has 0 saturated carbocycles. The van der Waals surface area contributed by atoms with Gasteiger partial charge in [0.15, 0.2) is 6.10 Å². The van der Waals surface area contributed by atoms with Crippen LogP contribution in [0.25, 0.3) is 0 Å². The average Bonchev–Trinajstić information content (AvgIpc) is 3.02. The Bertz CT molecular complexity index is 865. The van der Waals surface area contributed by atoms with Crippen molar-refractivity contribution >= 4 is 27.6 Å². The smallest absolute Gasteiger partial charge is 0.462 e.